The molecule has 0 N–H and O–H groups in total. The van der Waals surface area contributed by atoms with E-state index in [0.29, 0.717) is 23.7 Å². The number of benzene rings is 2. The molecule has 40 heavy (non-hydrogen) atoms. The van der Waals surface area contributed by atoms with Crippen molar-refractivity contribution in [3.63, 3.8) is 0 Å². The van der Waals surface area contributed by atoms with Crippen molar-refractivity contribution in [2.24, 2.45) is 0 Å². The molecule has 1 nitrogen and oxygen atoms in total. The zero-order valence-corrected chi connectivity index (χ0v) is 25.6. The van der Waals surface area contributed by atoms with Crippen LogP contribution >= 0.6 is 15.9 Å². The van der Waals surface area contributed by atoms with Gasteiger partial charge in [-0.2, -0.15) is 5.26 Å². The summed E-state index contributed by atoms with van der Waals surface area (Å²) in [5.41, 5.74) is 18.7. The van der Waals surface area contributed by atoms with E-state index in [2.05, 4.69) is 22.0 Å². The molecule has 0 unspecified atom stereocenters. The Labute approximate surface area is 248 Å². The Bertz CT molecular complexity index is 1390. The minimum Gasteiger partial charge on any atom is -0.192 e. The van der Waals surface area contributed by atoms with Crippen LogP contribution < -0.4 is 0 Å². The molecular formula is C38H42BrN. The normalized spacial score (nSPS) is 37.1. The first-order chi connectivity index (χ1) is 19.7. The Morgan fingerprint density at radius 3 is 0.975 bits per heavy atom. The molecule has 12 aliphatic carbocycles. The van der Waals surface area contributed by atoms with E-state index in [1.807, 2.05) is 16.7 Å². The molecule has 0 atom stereocenters. The van der Waals surface area contributed by atoms with Gasteiger partial charge in [-0.15, -0.1) is 0 Å². The Balaban J connectivity index is 1.28. The number of nitrogens with zero attached hydrogens (tertiary/aromatic N) is 1. The van der Waals surface area contributed by atoms with Crippen LogP contribution in [0, 0.1) is 11.3 Å². The highest BCUT2D eigenvalue weighted by Gasteiger charge is 2.47. The molecule has 0 aliphatic heterocycles. The fourth-order valence-electron chi connectivity index (χ4n) is 12.6. The molecule has 0 spiro atoms. The molecule has 2 aromatic rings. The Hall–Kier alpha value is -1.59. The minimum atomic E-state index is 0.652. The smallest absolute Gasteiger partial charge is 0.0997 e. The van der Waals surface area contributed by atoms with Crippen LogP contribution in [0.5, 0.6) is 0 Å². The highest BCUT2D eigenvalue weighted by molar-refractivity contribution is 9.10. The van der Waals surface area contributed by atoms with Crippen LogP contribution in [0.2, 0.25) is 0 Å². The maximum Gasteiger partial charge on any atom is 0.0997 e. The third-order valence-corrected chi connectivity index (χ3v) is 15.0. The van der Waals surface area contributed by atoms with Crippen molar-refractivity contribution in [3.8, 4) is 6.07 Å². The highest BCUT2D eigenvalue weighted by Crippen LogP contribution is 2.63. The number of nitriles is 1. The van der Waals surface area contributed by atoms with Crippen molar-refractivity contribution in [2.45, 2.75) is 156 Å². The molecule has 2 aromatic carbocycles. The highest BCUT2D eigenvalue weighted by atomic mass is 79.9. The summed E-state index contributed by atoms with van der Waals surface area (Å²) in [7, 11) is 0. The van der Waals surface area contributed by atoms with Crippen LogP contribution in [-0.4, -0.2) is 0 Å². The van der Waals surface area contributed by atoms with Gasteiger partial charge in [-0.05, 0) is 212 Å². The zero-order chi connectivity index (χ0) is 26.3. The van der Waals surface area contributed by atoms with E-state index < -0.39 is 0 Å². The molecule has 4 fully saturated rings. The molecule has 0 amide bonds. The summed E-state index contributed by atoms with van der Waals surface area (Å²) in [6.07, 6.45) is 23.3. The van der Waals surface area contributed by atoms with Crippen molar-refractivity contribution >= 4 is 15.9 Å². The van der Waals surface area contributed by atoms with Crippen LogP contribution in [0.3, 0.4) is 0 Å². The summed E-state index contributed by atoms with van der Waals surface area (Å²) in [4.78, 5) is 0. The number of hydrogen-bond acceptors (Lipinski definition) is 1. The largest absolute Gasteiger partial charge is 0.192 e. The summed E-state index contributed by atoms with van der Waals surface area (Å²) in [5.74, 6) is 5.87. The molecule has 0 radical (unpaired) electrons. The van der Waals surface area contributed by atoms with E-state index >= 15 is 0 Å². The van der Waals surface area contributed by atoms with E-state index in [4.69, 9.17) is 0 Å². The van der Waals surface area contributed by atoms with Crippen LogP contribution in [-0.2, 0) is 6.42 Å². The lowest BCUT2D eigenvalue weighted by Gasteiger charge is -2.49. The Kier molecular flexibility index (Phi) is 5.08. The second-order valence-electron chi connectivity index (χ2n) is 15.4. The summed E-state index contributed by atoms with van der Waals surface area (Å²) in [5, 5.41) is 10.7. The standard InChI is InChI=1S/C38H42BrN/c39-38-36-25-13-9-21(10-14-25)32(36)28(33-22-11-15-26(16-12-22)37(33)38)17-27-30-19-1-5-23(6-2-19)34(30)29(18-40)35-24-7-3-20(4-8-24)31(27)35/h19-26H,1-17H2. The quantitative estimate of drug-likeness (QED) is 0.340. The molecule has 12 aliphatic rings. The van der Waals surface area contributed by atoms with Gasteiger partial charge in [-0.1, -0.05) is 15.9 Å². The van der Waals surface area contributed by atoms with Crippen LogP contribution in [0.4, 0.5) is 0 Å². The van der Waals surface area contributed by atoms with E-state index in [-0.39, 0.29) is 0 Å². The van der Waals surface area contributed by atoms with Crippen LogP contribution in [0.25, 0.3) is 0 Å². The predicted octanol–water partition coefficient (Wildman–Crippen LogP) is 10.9. The average molecular weight is 593 g/mol. The van der Waals surface area contributed by atoms with Gasteiger partial charge in [0.25, 0.3) is 0 Å². The van der Waals surface area contributed by atoms with Crippen molar-refractivity contribution in [1.82, 2.24) is 0 Å². The lowest BCUT2D eigenvalue weighted by atomic mass is 9.56. The number of halogens is 1. The minimum absolute atomic E-state index is 0.652. The van der Waals surface area contributed by atoms with Gasteiger partial charge in [0, 0.05) is 4.47 Å². The van der Waals surface area contributed by atoms with Gasteiger partial charge in [0.15, 0.2) is 0 Å². The maximum absolute atomic E-state index is 10.7. The van der Waals surface area contributed by atoms with Gasteiger partial charge in [0.05, 0.1) is 11.6 Å². The van der Waals surface area contributed by atoms with Gasteiger partial charge in [-0.25, -0.2) is 0 Å². The number of rotatable bonds is 2. The second kappa shape index (κ2) is 8.49. The third kappa shape index (κ3) is 2.95. The first-order valence-electron chi connectivity index (χ1n) is 17.2. The molecule has 0 heterocycles. The third-order valence-electron chi connectivity index (χ3n) is 14.1. The summed E-state index contributed by atoms with van der Waals surface area (Å²) >= 11 is 4.33. The molecule has 206 valence electrons. The van der Waals surface area contributed by atoms with Crippen molar-refractivity contribution in [2.75, 3.05) is 0 Å². The molecule has 14 rings (SSSR count). The topological polar surface area (TPSA) is 23.8 Å². The number of fused-ring (bicyclic) bond motifs is 8. The fourth-order valence-corrected chi connectivity index (χ4v) is 13.7. The average Bonchev–Trinajstić information content (AvgIpc) is 3.04. The molecular weight excluding hydrogens is 550 g/mol. The van der Waals surface area contributed by atoms with E-state index in [0.717, 1.165) is 23.7 Å². The Morgan fingerprint density at radius 2 is 0.675 bits per heavy atom. The summed E-state index contributed by atoms with van der Waals surface area (Å²) < 4.78 is 1.58. The monoisotopic (exact) mass is 591 g/mol. The lowest BCUT2D eigenvalue weighted by Crippen LogP contribution is -2.33. The van der Waals surface area contributed by atoms with Crippen LogP contribution in [0.15, 0.2) is 4.47 Å². The van der Waals surface area contributed by atoms with Gasteiger partial charge >= 0.3 is 0 Å². The van der Waals surface area contributed by atoms with Crippen molar-refractivity contribution in [3.05, 3.63) is 65.7 Å². The summed E-state index contributed by atoms with van der Waals surface area (Å²) in [6.45, 7) is 0. The fraction of sp³-hybridized carbons (Fsp3) is 0.658. The Morgan fingerprint density at radius 1 is 0.425 bits per heavy atom. The second-order valence-corrected chi connectivity index (χ2v) is 16.2. The van der Waals surface area contributed by atoms with E-state index in [1.165, 1.54) is 115 Å². The van der Waals surface area contributed by atoms with Gasteiger partial charge < -0.3 is 0 Å². The molecule has 0 aromatic heterocycles. The van der Waals surface area contributed by atoms with Crippen molar-refractivity contribution < 1.29 is 0 Å². The first kappa shape index (κ1) is 23.9. The molecule has 0 saturated heterocycles. The van der Waals surface area contributed by atoms with Gasteiger partial charge in [-0.3, -0.25) is 0 Å². The van der Waals surface area contributed by atoms with E-state index in [1.54, 1.807) is 43.4 Å². The summed E-state index contributed by atoms with van der Waals surface area (Å²) in [6, 6.07) is 2.89. The van der Waals surface area contributed by atoms with Crippen LogP contribution in [0.1, 0.15) is 211 Å². The molecule has 8 bridgehead atoms. The maximum atomic E-state index is 10.7. The number of hydrogen-bond donors (Lipinski definition) is 0. The molecule has 2 heteroatoms. The molecule has 4 saturated carbocycles. The first-order valence-corrected chi connectivity index (χ1v) is 18.0. The van der Waals surface area contributed by atoms with Gasteiger partial charge in [0.2, 0.25) is 0 Å². The zero-order valence-electron chi connectivity index (χ0n) is 24.0. The van der Waals surface area contributed by atoms with E-state index in [9.17, 15) is 5.26 Å². The van der Waals surface area contributed by atoms with Gasteiger partial charge in [0.1, 0.15) is 0 Å². The SMILES string of the molecule is N#Cc1c2c(c(Cc3c4c(c(Br)c5c3C3CCC5CC3)C3CCC4CC3)c3c1C1CCC3CC1)C1CCC2CC1. The van der Waals surface area contributed by atoms with Crippen molar-refractivity contribution in [1.29, 1.82) is 5.26 Å². The predicted molar refractivity (Wildman–Crippen MR) is 164 cm³/mol. The lowest BCUT2D eigenvalue weighted by molar-refractivity contribution is 0.331.